The summed E-state index contributed by atoms with van der Waals surface area (Å²) in [7, 11) is 0. The number of hydrogen-bond acceptors (Lipinski definition) is 1. The molecule has 17 heavy (non-hydrogen) atoms. The molecule has 1 aromatic heterocycles. The Kier molecular flexibility index (Phi) is 2.67. The van der Waals surface area contributed by atoms with Gasteiger partial charge < -0.3 is 4.98 Å². The van der Waals surface area contributed by atoms with Gasteiger partial charge in [-0.2, -0.15) is 0 Å². The van der Waals surface area contributed by atoms with Gasteiger partial charge in [0.25, 0.3) is 0 Å². The Morgan fingerprint density at radius 3 is 2.88 bits per heavy atom. The second kappa shape index (κ2) is 4.19. The minimum Gasteiger partial charge on any atom is -0.361 e. The van der Waals surface area contributed by atoms with E-state index >= 15 is 0 Å². The Hall–Kier alpha value is -1.28. The fourth-order valence-electron chi connectivity index (χ4n) is 2.81. The predicted molar refractivity (Wildman–Crippen MR) is 72.2 cm³/mol. The van der Waals surface area contributed by atoms with E-state index in [1.165, 1.54) is 29.6 Å². The second-order valence-corrected chi connectivity index (χ2v) is 5.32. The van der Waals surface area contributed by atoms with Crippen LogP contribution in [0.1, 0.15) is 19.4 Å². The van der Waals surface area contributed by atoms with Crippen molar-refractivity contribution in [3.05, 3.63) is 36.0 Å². The summed E-state index contributed by atoms with van der Waals surface area (Å²) in [5, 5.41) is 1.38. The molecule has 0 spiro atoms. The molecule has 1 aromatic carbocycles. The monoisotopic (exact) mass is 228 g/mol. The molecule has 0 aliphatic carbocycles. The lowest BCUT2D eigenvalue weighted by atomic mass is 9.91. The van der Waals surface area contributed by atoms with Crippen molar-refractivity contribution >= 4 is 10.9 Å². The van der Waals surface area contributed by atoms with Gasteiger partial charge in [0.2, 0.25) is 0 Å². The van der Waals surface area contributed by atoms with Crippen LogP contribution in [0.5, 0.6) is 0 Å². The van der Waals surface area contributed by atoms with E-state index in [2.05, 4.69) is 54.2 Å². The zero-order valence-electron chi connectivity index (χ0n) is 10.6. The van der Waals surface area contributed by atoms with E-state index in [0.29, 0.717) is 0 Å². The lowest BCUT2D eigenvalue weighted by molar-refractivity contribution is 0.0400. The number of H-pyrrole nitrogens is 1. The van der Waals surface area contributed by atoms with E-state index in [4.69, 9.17) is 0 Å². The van der Waals surface area contributed by atoms with Gasteiger partial charge in [-0.3, -0.25) is 4.90 Å². The van der Waals surface area contributed by atoms with Crippen molar-refractivity contribution < 1.29 is 0 Å². The molecule has 0 bridgehead atoms. The number of likely N-dealkylation sites (tertiary alicyclic amines) is 1. The second-order valence-electron chi connectivity index (χ2n) is 5.32. The predicted octanol–water partition coefficient (Wildman–Crippen LogP) is 3.05. The van der Waals surface area contributed by atoms with E-state index in [1.807, 2.05) is 0 Å². The number of nitrogens with one attached hydrogen (secondary N) is 1. The van der Waals surface area contributed by atoms with Crippen molar-refractivity contribution in [1.29, 1.82) is 0 Å². The first-order chi connectivity index (χ1) is 8.25. The van der Waals surface area contributed by atoms with Crippen LogP contribution in [-0.4, -0.2) is 29.0 Å². The number of aromatic nitrogens is 1. The third-order valence-electron chi connectivity index (χ3n) is 4.27. The topological polar surface area (TPSA) is 19.0 Å². The molecule has 2 nitrogen and oxygen atoms in total. The molecule has 1 saturated heterocycles. The summed E-state index contributed by atoms with van der Waals surface area (Å²) in [6.45, 7) is 7.13. The van der Waals surface area contributed by atoms with Crippen LogP contribution in [0.4, 0.5) is 0 Å². The third kappa shape index (κ3) is 1.87. The summed E-state index contributed by atoms with van der Waals surface area (Å²) < 4.78 is 0. The summed E-state index contributed by atoms with van der Waals surface area (Å²) in [6, 6.07) is 9.33. The summed E-state index contributed by atoms with van der Waals surface area (Å²) in [5.41, 5.74) is 2.71. The number of fused-ring (bicyclic) bond motifs is 1. The van der Waals surface area contributed by atoms with Crippen LogP contribution >= 0.6 is 0 Å². The maximum atomic E-state index is 3.35. The van der Waals surface area contributed by atoms with Crippen LogP contribution in [0.2, 0.25) is 0 Å². The number of aromatic amines is 1. The normalized spacial score (nSPS) is 25.1. The maximum Gasteiger partial charge on any atom is 0.0456 e. The van der Waals surface area contributed by atoms with Crippen LogP contribution in [0.15, 0.2) is 30.5 Å². The number of rotatable bonds is 3. The van der Waals surface area contributed by atoms with Crippen molar-refractivity contribution in [1.82, 2.24) is 9.88 Å². The smallest absolute Gasteiger partial charge is 0.0456 e. The Balaban J connectivity index is 1.69. The molecule has 0 radical (unpaired) electrons. The Labute approximate surface area is 103 Å². The van der Waals surface area contributed by atoms with Crippen molar-refractivity contribution in [2.45, 2.75) is 26.3 Å². The number of benzene rings is 1. The standard InChI is InChI=1S/C15H20N2/c1-11-10-17(12(11)2)8-7-13-9-16-15-6-4-3-5-14(13)15/h3-6,9,11-12,16H,7-8,10H2,1-2H3. The van der Waals surface area contributed by atoms with Gasteiger partial charge in [-0.05, 0) is 30.9 Å². The van der Waals surface area contributed by atoms with Gasteiger partial charge in [0, 0.05) is 36.2 Å². The molecule has 2 heterocycles. The van der Waals surface area contributed by atoms with Crippen LogP contribution < -0.4 is 0 Å². The molecule has 1 aliphatic heterocycles. The minimum absolute atomic E-state index is 0.764. The zero-order chi connectivity index (χ0) is 11.8. The quantitative estimate of drug-likeness (QED) is 0.855. The Bertz CT molecular complexity index is 514. The van der Waals surface area contributed by atoms with Crippen LogP contribution in [0.25, 0.3) is 10.9 Å². The lowest BCUT2D eigenvalue weighted by Gasteiger charge is -2.45. The molecule has 90 valence electrons. The molecule has 1 aliphatic rings. The van der Waals surface area contributed by atoms with Gasteiger partial charge >= 0.3 is 0 Å². The zero-order valence-corrected chi connectivity index (χ0v) is 10.6. The van der Waals surface area contributed by atoms with Gasteiger partial charge in [-0.1, -0.05) is 25.1 Å². The van der Waals surface area contributed by atoms with E-state index in [1.54, 1.807) is 0 Å². The summed E-state index contributed by atoms with van der Waals surface area (Å²) >= 11 is 0. The van der Waals surface area contributed by atoms with Gasteiger partial charge in [0.15, 0.2) is 0 Å². The highest BCUT2D eigenvalue weighted by Crippen LogP contribution is 2.25. The first-order valence-electron chi connectivity index (χ1n) is 6.55. The highest BCUT2D eigenvalue weighted by atomic mass is 15.2. The molecule has 0 saturated carbocycles. The average Bonchev–Trinajstić information content (AvgIpc) is 2.77. The van der Waals surface area contributed by atoms with Gasteiger partial charge in [0.05, 0.1) is 0 Å². The highest BCUT2D eigenvalue weighted by Gasteiger charge is 2.30. The third-order valence-corrected chi connectivity index (χ3v) is 4.27. The largest absolute Gasteiger partial charge is 0.361 e. The SMILES string of the molecule is CC1CN(CCc2c[nH]c3ccccc23)C1C. The molecule has 2 atom stereocenters. The maximum absolute atomic E-state index is 3.35. The highest BCUT2D eigenvalue weighted by molar-refractivity contribution is 5.83. The molecule has 2 heteroatoms. The number of hydrogen-bond donors (Lipinski definition) is 1. The number of nitrogens with zero attached hydrogens (tertiary/aromatic N) is 1. The van der Waals surface area contributed by atoms with Crippen molar-refractivity contribution in [3.63, 3.8) is 0 Å². The molecule has 2 aromatic rings. The molecule has 3 rings (SSSR count). The van der Waals surface area contributed by atoms with Crippen molar-refractivity contribution in [3.8, 4) is 0 Å². The fourth-order valence-corrected chi connectivity index (χ4v) is 2.81. The molecule has 0 amide bonds. The van der Waals surface area contributed by atoms with E-state index in [0.717, 1.165) is 18.4 Å². The first-order valence-corrected chi connectivity index (χ1v) is 6.55. The van der Waals surface area contributed by atoms with E-state index in [9.17, 15) is 0 Å². The molecule has 1 fully saturated rings. The van der Waals surface area contributed by atoms with Gasteiger partial charge in [-0.25, -0.2) is 0 Å². The average molecular weight is 228 g/mol. The molecular formula is C15H20N2. The molecule has 2 unspecified atom stereocenters. The molecule has 1 N–H and O–H groups in total. The van der Waals surface area contributed by atoms with Crippen LogP contribution in [0, 0.1) is 5.92 Å². The van der Waals surface area contributed by atoms with E-state index in [-0.39, 0.29) is 0 Å². The number of para-hydroxylation sites is 1. The van der Waals surface area contributed by atoms with Crippen LogP contribution in [-0.2, 0) is 6.42 Å². The summed E-state index contributed by atoms with van der Waals surface area (Å²) in [5.74, 6) is 0.873. The van der Waals surface area contributed by atoms with E-state index < -0.39 is 0 Å². The van der Waals surface area contributed by atoms with Crippen molar-refractivity contribution in [2.75, 3.05) is 13.1 Å². The Morgan fingerprint density at radius 1 is 1.29 bits per heavy atom. The molecular weight excluding hydrogens is 208 g/mol. The van der Waals surface area contributed by atoms with Crippen LogP contribution in [0.3, 0.4) is 0 Å². The summed E-state index contributed by atoms with van der Waals surface area (Å²) in [6.07, 6.45) is 3.32. The fraction of sp³-hybridized carbons (Fsp3) is 0.467. The summed E-state index contributed by atoms with van der Waals surface area (Å²) in [4.78, 5) is 5.93. The van der Waals surface area contributed by atoms with Crippen molar-refractivity contribution in [2.24, 2.45) is 5.92 Å². The minimum atomic E-state index is 0.764. The first kappa shape index (κ1) is 10.8. The lowest BCUT2D eigenvalue weighted by Crippen LogP contribution is -2.53. The van der Waals surface area contributed by atoms with Gasteiger partial charge in [0.1, 0.15) is 0 Å². The Morgan fingerprint density at radius 2 is 2.12 bits per heavy atom. The van der Waals surface area contributed by atoms with Gasteiger partial charge in [-0.15, -0.1) is 0 Å².